The van der Waals surface area contributed by atoms with Crippen LogP contribution in [0.3, 0.4) is 0 Å². The molecule has 0 saturated heterocycles. The molecule has 1 aromatic carbocycles. The van der Waals surface area contributed by atoms with Crippen molar-refractivity contribution in [3.8, 4) is 5.69 Å². The highest BCUT2D eigenvalue weighted by atomic mass is 35.5. The van der Waals surface area contributed by atoms with Crippen LogP contribution in [0.1, 0.15) is 18.2 Å². The van der Waals surface area contributed by atoms with Gasteiger partial charge >= 0.3 is 0 Å². The summed E-state index contributed by atoms with van der Waals surface area (Å²) in [7, 11) is 1.60. The molecule has 2 rings (SSSR count). The van der Waals surface area contributed by atoms with Gasteiger partial charge < -0.3 is 10.1 Å². The molecule has 6 heteroatoms. The topological polar surface area (TPSA) is 56.1 Å². The highest BCUT2D eigenvalue weighted by Crippen LogP contribution is 2.24. The first-order valence-electron chi connectivity index (χ1n) is 7.31. The van der Waals surface area contributed by atoms with Gasteiger partial charge in [0.15, 0.2) is 0 Å². The molecule has 0 fully saturated rings. The molecule has 0 spiro atoms. The monoisotopic (exact) mass is 333 g/mol. The molecule has 122 valence electrons. The van der Waals surface area contributed by atoms with E-state index in [2.05, 4.69) is 10.4 Å². The van der Waals surface area contributed by atoms with Gasteiger partial charge in [0, 0.05) is 24.8 Å². The third-order valence-corrected chi connectivity index (χ3v) is 3.62. The zero-order chi connectivity index (χ0) is 16.8. The summed E-state index contributed by atoms with van der Waals surface area (Å²) in [6.07, 6.45) is 3.14. The average Bonchev–Trinajstić information content (AvgIpc) is 2.81. The molecule has 0 bridgehead atoms. The molecule has 0 aliphatic heterocycles. The number of aromatic nitrogens is 2. The lowest BCUT2D eigenvalue weighted by atomic mass is 10.2. The van der Waals surface area contributed by atoms with Crippen LogP contribution in [0.5, 0.6) is 0 Å². The van der Waals surface area contributed by atoms with Crippen LogP contribution < -0.4 is 5.32 Å². The Morgan fingerprint density at radius 3 is 2.78 bits per heavy atom. The smallest absolute Gasteiger partial charge is 0.244 e. The number of hydrogen-bond acceptors (Lipinski definition) is 3. The van der Waals surface area contributed by atoms with Gasteiger partial charge in [-0.05, 0) is 32.1 Å². The van der Waals surface area contributed by atoms with Crippen molar-refractivity contribution in [2.45, 2.75) is 19.9 Å². The Morgan fingerprint density at radius 1 is 1.43 bits per heavy atom. The third kappa shape index (κ3) is 4.43. The zero-order valence-electron chi connectivity index (χ0n) is 13.4. The number of methoxy groups -OCH3 is 1. The molecule has 0 saturated carbocycles. The van der Waals surface area contributed by atoms with Crippen molar-refractivity contribution < 1.29 is 9.53 Å². The molecular formula is C17H20ClN3O2. The zero-order valence-corrected chi connectivity index (χ0v) is 14.2. The second kappa shape index (κ2) is 7.94. The van der Waals surface area contributed by atoms with E-state index in [9.17, 15) is 4.79 Å². The van der Waals surface area contributed by atoms with Crippen LogP contribution in [0.25, 0.3) is 11.8 Å². The average molecular weight is 334 g/mol. The Hall–Kier alpha value is -2.11. The molecule has 2 aromatic rings. The lowest BCUT2D eigenvalue weighted by Gasteiger charge is -2.10. The number of para-hydroxylation sites is 1. The lowest BCUT2D eigenvalue weighted by molar-refractivity contribution is -0.117. The Bertz CT molecular complexity index is 695. The van der Waals surface area contributed by atoms with Crippen molar-refractivity contribution in [1.29, 1.82) is 0 Å². The van der Waals surface area contributed by atoms with Gasteiger partial charge in [0.1, 0.15) is 5.15 Å². The van der Waals surface area contributed by atoms with Gasteiger partial charge in [0.05, 0.1) is 18.0 Å². The molecular weight excluding hydrogens is 314 g/mol. The van der Waals surface area contributed by atoms with E-state index in [1.54, 1.807) is 17.9 Å². The maximum Gasteiger partial charge on any atom is 0.244 e. The Kier molecular flexibility index (Phi) is 5.96. The van der Waals surface area contributed by atoms with Crippen molar-refractivity contribution in [1.82, 2.24) is 15.1 Å². The molecule has 0 aliphatic rings. The van der Waals surface area contributed by atoms with Crippen molar-refractivity contribution in [3.63, 3.8) is 0 Å². The first-order valence-corrected chi connectivity index (χ1v) is 7.68. The van der Waals surface area contributed by atoms with Crippen LogP contribution in [-0.4, -0.2) is 35.4 Å². The van der Waals surface area contributed by atoms with E-state index in [-0.39, 0.29) is 11.9 Å². The summed E-state index contributed by atoms with van der Waals surface area (Å²) in [6, 6.07) is 9.56. The van der Waals surface area contributed by atoms with Gasteiger partial charge in [0.2, 0.25) is 5.91 Å². The summed E-state index contributed by atoms with van der Waals surface area (Å²) in [5.41, 5.74) is 2.36. The quantitative estimate of drug-likeness (QED) is 0.827. The van der Waals surface area contributed by atoms with E-state index >= 15 is 0 Å². The molecule has 1 N–H and O–H groups in total. The maximum absolute atomic E-state index is 11.9. The number of carbonyl (C=O) groups is 1. The summed E-state index contributed by atoms with van der Waals surface area (Å²) in [4.78, 5) is 11.9. The molecule has 23 heavy (non-hydrogen) atoms. The molecule has 1 aromatic heterocycles. The molecule has 0 radical (unpaired) electrons. The Balaban J connectivity index is 2.16. The number of hydrogen-bond donors (Lipinski definition) is 1. The number of aryl methyl sites for hydroxylation is 1. The Morgan fingerprint density at radius 2 is 2.13 bits per heavy atom. The standard InChI is InChI=1S/C17H20ClN3O2/c1-12(11-23-3)19-16(22)10-9-15-13(2)20-21(17(15)18)14-7-5-4-6-8-14/h4-10,12H,11H2,1-3H3,(H,19,22)/b10-9+. The fourth-order valence-corrected chi connectivity index (χ4v) is 2.52. The number of benzene rings is 1. The summed E-state index contributed by atoms with van der Waals surface area (Å²) in [5.74, 6) is -0.197. The fraction of sp³-hybridized carbons (Fsp3) is 0.294. The van der Waals surface area contributed by atoms with Gasteiger partial charge in [-0.3, -0.25) is 4.79 Å². The molecule has 1 amide bonds. The van der Waals surface area contributed by atoms with Gasteiger partial charge in [-0.15, -0.1) is 0 Å². The SMILES string of the molecule is COCC(C)NC(=O)/C=C/c1c(C)nn(-c2ccccc2)c1Cl. The molecule has 1 heterocycles. The Labute approximate surface area is 140 Å². The molecule has 1 unspecified atom stereocenters. The first-order chi connectivity index (χ1) is 11.0. The van der Waals surface area contributed by atoms with Crippen LogP contribution in [-0.2, 0) is 9.53 Å². The minimum absolute atomic E-state index is 0.0549. The number of nitrogens with one attached hydrogen (secondary N) is 1. The maximum atomic E-state index is 11.9. The number of rotatable bonds is 6. The van der Waals surface area contributed by atoms with Crippen molar-refractivity contribution in [3.05, 3.63) is 52.8 Å². The van der Waals surface area contributed by atoms with Crippen LogP contribution in [0.4, 0.5) is 0 Å². The normalized spacial score (nSPS) is 12.5. The predicted octanol–water partition coefficient (Wildman–Crippen LogP) is 3.00. The van der Waals surface area contributed by atoms with Gasteiger partial charge in [-0.2, -0.15) is 5.10 Å². The number of amides is 1. The predicted molar refractivity (Wildman–Crippen MR) is 91.8 cm³/mol. The van der Waals surface area contributed by atoms with Crippen molar-refractivity contribution >= 4 is 23.6 Å². The number of halogens is 1. The van der Waals surface area contributed by atoms with Crippen LogP contribution in [0, 0.1) is 6.92 Å². The van der Waals surface area contributed by atoms with Crippen LogP contribution >= 0.6 is 11.6 Å². The summed E-state index contributed by atoms with van der Waals surface area (Å²) in [5, 5.41) is 7.71. The minimum Gasteiger partial charge on any atom is -0.383 e. The van der Waals surface area contributed by atoms with Crippen molar-refractivity contribution in [2.24, 2.45) is 0 Å². The van der Waals surface area contributed by atoms with E-state index in [0.29, 0.717) is 11.8 Å². The van der Waals surface area contributed by atoms with Crippen LogP contribution in [0.15, 0.2) is 36.4 Å². The summed E-state index contributed by atoms with van der Waals surface area (Å²) >= 11 is 6.40. The van der Waals surface area contributed by atoms with E-state index in [1.165, 1.54) is 6.08 Å². The largest absolute Gasteiger partial charge is 0.383 e. The third-order valence-electron chi connectivity index (χ3n) is 3.26. The van der Waals surface area contributed by atoms with Gasteiger partial charge in [-0.1, -0.05) is 29.8 Å². The van der Waals surface area contributed by atoms with Gasteiger partial charge in [0.25, 0.3) is 0 Å². The second-order valence-corrected chi connectivity index (χ2v) is 5.59. The van der Waals surface area contributed by atoms with E-state index in [0.717, 1.165) is 16.9 Å². The summed E-state index contributed by atoms with van der Waals surface area (Å²) < 4.78 is 6.64. The minimum atomic E-state index is -0.197. The number of ether oxygens (including phenoxy) is 1. The highest BCUT2D eigenvalue weighted by Gasteiger charge is 2.13. The van der Waals surface area contributed by atoms with E-state index in [4.69, 9.17) is 16.3 Å². The fourth-order valence-electron chi connectivity index (χ4n) is 2.18. The van der Waals surface area contributed by atoms with E-state index < -0.39 is 0 Å². The van der Waals surface area contributed by atoms with Crippen LogP contribution in [0.2, 0.25) is 5.15 Å². The van der Waals surface area contributed by atoms with Gasteiger partial charge in [-0.25, -0.2) is 4.68 Å². The molecule has 1 atom stereocenters. The summed E-state index contributed by atoms with van der Waals surface area (Å²) in [6.45, 7) is 4.20. The van der Waals surface area contributed by atoms with E-state index in [1.807, 2.05) is 44.2 Å². The molecule has 0 aliphatic carbocycles. The molecule has 5 nitrogen and oxygen atoms in total. The number of nitrogens with zero attached hydrogens (tertiary/aromatic N) is 2. The highest BCUT2D eigenvalue weighted by molar-refractivity contribution is 6.31. The lowest BCUT2D eigenvalue weighted by Crippen LogP contribution is -2.34. The number of carbonyl (C=O) groups excluding carboxylic acids is 1. The van der Waals surface area contributed by atoms with Crippen molar-refractivity contribution in [2.75, 3.05) is 13.7 Å². The second-order valence-electron chi connectivity index (χ2n) is 5.24. The first kappa shape index (κ1) is 17.2.